The summed E-state index contributed by atoms with van der Waals surface area (Å²) >= 11 is 0. The fourth-order valence-corrected chi connectivity index (χ4v) is 0.814. The molecule has 0 aliphatic carbocycles. The molecule has 0 saturated carbocycles. The predicted molar refractivity (Wildman–Crippen MR) is 48.1 cm³/mol. The summed E-state index contributed by atoms with van der Waals surface area (Å²) in [6, 6.07) is 1.89. The highest BCUT2D eigenvalue weighted by molar-refractivity contribution is 5.64. The molecule has 0 aromatic carbocycles. The number of hydrogen-bond acceptors (Lipinski definition) is 2. The normalized spacial score (nSPS) is 8.73. The summed E-state index contributed by atoms with van der Waals surface area (Å²) in [4.78, 5) is 3.95. The van der Waals surface area contributed by atoms with E-state index in [1.165, 1.54) is 0 Å². The van der Waals surface area contributed by atoms with Crippen molar-refractivity contribution < 1.29 is 0 Å². The maximum atomic E-state index is 3.95. The van der Waals surface area contributed by atoms with Gasteiger partial charge in [0.25, 0.3) is 0 Å². The van der Waals surface area contributed by atoms with Crippen molar-refractivity contribution in [2.75, 3.05) is 5.32 Å². The lowest BCUT2D eigenvalue weighted by atomic mass is 10.2. The molecule has 0 saturated heterocycles. The summed E-state index contributed by atoms with van der Waals surface area (Å²) < 4.78 is 0. The molecule has 1 aromatic rings. The van der Waals surface area contributed by atoms with Gasteiger partial charge in [-0.05, 0) is 12.3 Å². The van der Waals surface area contributed by atoms with Crippen molar-refractivity contribution in [2.24, 2.45) is 0 Å². The molecular formula is C9H10N2. The van der Waals surface area contributed by atoms with E-state index in [1.54, 1.807) is 24.7 Å². The molecule has 1 aromatic heterocycles. The Balaban J connectivity index is 3.01. The van der Waals surface area contributed by atoms with Crippen LogP contribution in [-0.2, 0) is 0 Å². The molecule has 1 rings (SSSR count). The first-order valence-electron chi connectivity index (χ1n) is 3.32. The van der Waals surface area contributed by atoms with E-state index in [9.17, 15) is 0 Å². The van der Waals surface area contributed by atoms with Crippen molar-refractivity contribution in [1.82, 2.24) is 4.98 Å². The molecule has 1 N–H and O–H groups in total. The third-order valence-electron chi connectivity index (χ3n) is 1.33. The minimum atomic E-state index is 0.928. The van der Waals surface area contributed by atoms with Gasteiger partial charge in [-0.15, -0.1) is 0 Å². The Hall–Kier alpha value is -1.57. The number of nitrogens with zero attached hydrogens (tertiary/aromatic N) is 1. The Morgan fingerprint density at radius 3 is 2.91 bits per heavy atom. The highest BCUT2D eigenvalue weighted by atomic mass is 14.9. The van der Waals surface area contributed by atoms with E-state index >= 15 is 0 Å². The van der Waals surface area contributed by atoms with Crippen LogP contribution in [0.25, 0.3) is 6.08 Å². The maximum absolute atomic E-state index is 3.95. The minimum absolute atomic E-state index is 0.928. The molecule has 0 aliphatic heterocycles. The fourth-order valence-electron chi connectivity index (χ4n) is 0.814. The Kier molecular flexibility index (Phi) is 2.44. The van der Waals surface area contributed by atoms with E-state index in [0.29, 0.717) is 0 Å². The average molecular weight is 146 g/mol. The van der Waals surface area contributed by atoms with Crippen molar-refractivity contribution in [3.8, 4) is 0 Å². The molecule has 0 spiro atoms. The molecule has 0 atom stereocenters. The minimum Gasteiger partial charge on any atom is -0.361 e. The zero-order valence-electron chi connectivity index (χ0n) is 6.25. The molecule has 0 unspecified atom stereocenters. The van der Waals surface area contributed by atoms with Crippen molar-refractivity contribution in [2.45, 2.75) is 0 Å². The predicted octanol–water partition coefficient (Wildman–Crippen LogP) is 2.28. The van der Waals surface area contributed by atoms with Crippen LogP contribution < -0.4 is 5.32 Å². The molecule has 0 bridgehead atoms. The highest BCUT2D eigenvalue weighted by Crippen LogP contribution is 2.13. The summed E-state index contributed by atoms with van der Waals surface area (Å²) in [5.41, 5.74) is 1.96. The first-order valence-corrected chi connectivity index (χ1v) is 3.32. The molecule has 0 fully saturated rings. The standard InChI is InChI=1S/C9H10N2/c1-3-8-5-6-10-7-9(8)11-4-2/h3-7,11H,1-2H2. The maximum Gasteiger partial charge on any atom is 0.0639 e. The number of anilines is 1. The van der Waals surface area contributed by atoms with Crippen molar-refractivity contribution >= 4 is 11.8 Å². The zero-order chi connectivity index (χ0) is 8.10. The van der Waals surface area contributed by atoms with E-state index in [-0.39, 0.29) is 0 Å². The van der Waals surface area contributed by atoms with Crippen LogP contribution in [0.4, 0.5) is 5.69 Å². The Labute approximate surface area is 66.3 Å². The molecule has 1 heterocycles. The van der Waals surface area contributed by atoms with Crippen LogP contribution in [0, 0.1) is 0 Å². The molecule has 0 aliphatic rings. The molecule has 0 amide bonds. The van der Waals surface area contributed by atoms with E-state index in [0.717, 1.165) is 11.3 Å². The molecule has 0 radical (unpaired) electrons. The summed E-state index contributed by atoms with van der Waals surface area (Å²) in [7, 11) is 0. The molecule has 56 valence electrons. The van der Waals surface area contributed by atoms with Crippen molar-refractivity contribution in [3.63, 3.8) is 0 Å². The van der Waals surface area contributed by atoms with Gasteiger partial charge in [-0.1, -0.05) is 19.2 Å². The summed E-state index contributed by atoms with van der Waals surface area (Å²) in [6.45, 7) is 7.23. The van der Waals surface area contributed by atoms with Gasteiger partial charge in [0.1, 0.15) is 0 Å². The van der Waals surface area contributed by atoms with Gasteiger partial charge in [-0.2, -0.15) is 0 Å². The number of hydrogen-bond donors (Lipinski definition) is 1. The Bertz CT molecular complexity index is 266. The number of nitrogens with one attached hydrogen (secondary N) is 1. The van der Waals surface area contributed by atoms with Gasteiger partial charge in [-0.25, -0.2) is 0 Å². The SMILES string of the molecule is C=CNc1cnccc1C=C. The van der Waals surface area contributed by atoms with Crippen LogP contribution in [0.15, 0.2) is 37.8 Å². The van der Waals surface area contributed by atoms with E-state index in [4.69, 9.17) is 0 Å². The quantitative estimate of drug-likeness (QED) is 0.707. The summed E-state index contributed by atoms with van der Waals surface area (Å²) in [5, 5.41) is 2.96. The van der Waals surface area contributed by atoms with Crippen LogP contribution in [-0.4, -0.2) is 4.98 Å². The van der Waals surface area contributed by atoms with Crippen LogP contribution >= 0.6 is 0 Å². The van der Waals surface area contributed by atoms with Gasteiger partial charge in [-0.3, -0.25) is 4.98 Å². The van der Waals surface area contributed by atoms with Gasteiger partial charge in [0, 0.05) is 11.8 Å². The van der Waals surface area contributed by atoms with Gasteiger partial charge in [0.15, 0.2) is 0 Å². The van der Waals surface area contributed by atoms with Gasteiger partial charge < -0.3 is 5.32 Å². The largest absolute Gasteiger partial charge is 0.361 e. The van der Waals surface area contributed by atoms with Crippen molar-refractivity contribution in [1.29, 1.82) is 0 Å². The molecule has 2 nitrogen and oxygen atoms in total. The molecule has 2 heteroatoms. The van der Waals surface area contributed by atoms with Gasteiger partial charge >= 0.3 is 0 Å². The van der Waals surface area contributed by atoms with Gasteiger partial charge in [0.05, 0.1) is 11.9 Å². The summed E-state index contributed by atoms with van der Waals surface area (Å²) in [5.74, 6) is 0. The lowest BCUT2D eigenvalue weighted by Crippen LogP contribution is -1.89. The highest BCUT2D eigenvalue weighted by Gasteiger charge is 1.93. The average Bonchev–Trinajstić information content (AvgIpc) is 2.06. The first-order chi connectivity index (χ1) is 5.38. The smallest absolute Gasteiger partial charge is 0.0639 e. The van der Waals surface area contributed by atoms with E-state index in [2.05, 4.69) is 23.5 Å². The van der Waals surface area contributed by atoms with Crippen LogP contribution in [0.5, 0.6) is 0 Å². The monoisotopic (exact) mass is 146 g/mol. The van der Waals surface area contributed by atoms with Crippen LogP contribution in [0.3, 0.4) is 0 Å². The lowest BCUT2D eigenvalue weighted by Gasteiger charge is -2.02. The third kappa shape index (κ3) is 1.67. The van der Waals surface area contributed by atoms with E-state index in [1.807, 2.05) is 6.07 Å². The van der Waals surface area contributed by atoms with Crippen LogP contribution in [0.2, 0.25) is 0 Å². The first kappa shape index (κ1) is 7.54. The number of pyridine rings is 1. The van der Waals surface area contributed by atoms with Crippen LogP contribution in [0.1, 0.15) is 5.56 Å². The van der Waals surface area contributed by atoms with E-state index < -0.39 is 0 Å². The van der Waals surface area contributed by atoms with Gasteiger partial charge in [0.2, 0.25) is 0 Å². The second kappa shape index (κ2) is 3.56. The fraction of sp³-hybridized carbons (Fsp3) is 0. The van der Waals surface area contributed by atoms with Crippen molar-refractivity contribution in [3.05, 3.63) is 43.4 Å². The summed E-state index contributed by atoms with van der Waals surface area (Å²) in [6.07, 6.45) is 6.85. The second-order valence-corrected chi connectivity index (χ2v) is 2.02. The molecular weight excluding hydrogens is 136 g/mol. The molecule has 11 heavy (non-hydrogen) atoms. The Morgan fingerprint density at radius 2 is 2.27 bits per heavy atom. The second-order valence-electron chi connectivity index (χ2n) is 2.02. The topological polar surface area (TPSA) is 24.9 Å². The number of rotatable bonds is 3. The lowest BCUT2D eigenvalue weighted by molar-refractivity contribution is 1.31. The zero-order valence-corrected chi connectivity index (χ0v) is 6.25. The third-order valence-corrected chi connectivity index (χ3v) is 1.33. The number of aromatic nitrogens is 1. The Morgan fingerprint density at radius 1 is 1.45 bits per heavy atom.